The van der Waals surface area contributed by atoms with Crippen LogP contribution in [0.2, 0.25) is 5.02 Å². The molecule has 0 spiro atoms. The molecule has 4 rings (SSSR count). The minimum absolute atomic E-state index is 0.00755. The van der Waals surface area contributed by atoms with Gasteiger partial charge in [-0.15, -0.1) is 0 Å². The van der Waals surface area contributed by atoms with Crippen LogP contribution in [0, 0.1) is 6.92 Å². The predicted octanol–water partition coefficient (Wildman–Crippen LogP) is 5.72. The molecule has 10 heteroatoms. The molecule has 0 aromatic heterocycles. The molecule has 1 saturated carbocycles. The third-order valence-corrected chi connectivity index (χ3v) is 9.58. The number of amides is 2. The molecule has 1 aliphatic carbocycles. The molecule has 0 saturated heterocycles. The van der Waals surface area contributed by atoms with E-state index in [1.54, 1.807) is 37.3 Å². The Balaban J connectivity index is 1.72. The van der Waals surface area contributed by atoms with Crippen molar-refractivity contribution in [2.24, 2.45) is 0 Å². The van der Waals surface area contributed by atoms with Crippen LogP contribution in [0.4, 0.5) is 5.69 Å². The largest absolute Gasteiger partial charge is 0.495 e. The summed E-state index contributed by atoms with van der Waals surface area (Å²) in [4.78, 5) is 29.1. The van der Waals surface area contributed by atoms with Gasteiger partial charge < -0.3 is 15.0 Å². The Morgan fingerprint density at radius 3 is 2.38 bits per heavy atom. The molecule has 1 atom stereocenters. The minimum Gasteiger partial charge on any atom is -0.495 e. The van der Waals surface area contributed by atoms with E-state index in [9.17, 15) is 18.0 Å². The van der Waals surface area contributed by atoms with E-state index >= 15 is 0 Å². The number of benzene rings is 3. The lowest BCUT2D eigenvalue weighted by molar-refractivity contribution is -0.139. The maximum Gasteiger partial charge on any atom is 0.264 e. The number of rotatable bonds is 11. The Labute approximate surface area is 253 Å². The Kier molecular flexibility index (Phi) is 10.5. The van der Waals surface area contributed by atoms with Crippen molar-refractivity contribution in [3.8, 4) is 5.75 Å². The molecule has 1 aliphatic rings. The van der Waals surface area contributed by atoms with Gasteiger partial charge >= 0.3 is 0 Å². The quantitative estimate of drug-likeness (QED) is 0.299. The number of aryl methyl sites for hydroxylation is 1. The van der Waals surface area contributed by atoms with E-state index in [-0.39, 0.29) is 39.8 Å². The highest BCUT2D eigenvalue weighted by molar-refractivity contribution is 7.92. The molecule has 0 aliphatic heterocycles. The molecule has 1 unspecified atom stereocenters. The van der Waals surface area contributed by atoms with Crippen molar-refractivity contribution < 1.29 is 22.7 Å². The summed E-state index contributed by atoms with van der Waals surface area (Å²) < 4.78 is 34.5. The van der Waals surface area contributed by atoms with Gasteiger partial charge in [0.1, 0.15) is 18.3 Å². The number of anilines is 1. The molecular weight excluding hydrogens is 574 g/mol. The van der Waals surface area contributed by atoms with Crippen molar-refractivity contribution in [1.82, 2.24) is 10.2 Å². The van der Waals surface area contributed by atoms with E-state index < -0.39 is 28.5 Å². The highest BCUT2D eigenvalue weighted by Crippen LogP contribution is 2.35. The van der Waals surface area contributed by atoms with E-state index in [0.717, 1.165) is 47.5 Å². The zero-order valence-corrected chi connectivity index (χ0v) is 25.8. The normalized spacial score (nSPS) is 14.6. The number of hydrogen-bond donors (Lipinski definition) is 1. The van der Waals surface area contributed by atoms with E-state index in [0.29, 0.717) is 0 Å². The smallest absolute Gasteiger partial charge is 0.264 e. The monoisotopic (exact) mass is 611 g/mol. The number of ether oxygens (including phenoxy) is 1. The zero-order valence-electron chi connectivity index (χ0n) is 24.3. The van der Waals surface area contributed by atoms with E-state index in [2.05, 4.69) is 5.32 Å². The first-order valence-corrected chi connectivity index (χ1v) is 16.0. The molecule has 1 fully saturated rings. The second kappa shape index (κ2) is 14.1. The Morgan fingerprint density at radius 1 is 1.00 bits per heavy atom. The summed E-state index contributed by atoms with van der Waals surface area (Å²) in [7, 11) is -2.81. The number of sulfonamides is 1. The first kappa shape index (κ1) is 31.4. The summed E-state index contributed by atoms with van der Waals surface area (Å²) in [6, 6.07) is 19.4. The summed E-state index contributed by atoms with van der Waals surface area (Å²) in [5.41, 5.74) is 1.96. The van der Waals surface area contributed by atoms with Gasteiger partial charge in [0.25, 0.3) is 10.0 Å². The molecule has 0 bridgehead atoms. The third kappa shape index (κ3) is 7.63. The summed E-state index contributed by atoms with van der Waals surface area (Å²) in [6.07, 6.45) is 5.07. The number of hydrogen-bond acceptors (Lipinski definition) is 5. The number of carbonyl (C=O) groups excluding carboxylic acids is 2. The van der Waals surface area contributed by atoms with Crippen molar-refractivity contribution in [3.63, 3.8) is 0 Å². The Hall–Kier alpha value is -3.56. The van der Waals surface area contributed by atoms with Crippen LogP contribution in [-0.2, 0) is 26.2 Å². The number of halogens is 1. The van der Waals surface area contributed by atoms with Crippen molar-refractivity contribution >= 4 is 39.1 Å². The molecule has 42 heavy (non-hydrogen) atoms. The summed E-state index contributed by atoms with van der Waals surface area (Å²) in [6.45, 7) is 3.20. The van der Waals surface area contributed by atoms with Crippen LogP contribution in [0.1, 0.15) is 50.2 Å². The van der Waals surface area contributed by atoms with Crippen molar-refractivity contribution in [2.75, 3.05) is 18.0 Å². The molecule has 0 heterocycles. The second-order valence-corrected chi connectivity index (χ2v) is 13.0. The van der Waals surface area contributed by atoms with Gasteiger partial charge in [-0.2, -0.15) is 0 Å². The van der Waals surface area contributed by atoms with Crippen molar-refractivity contribution in [1.29, 1.82) is 0 Å². The van der Waals surface area contributed by atoms with Gasteiger partial charge in [-0.25, -0.2) is 8.42 Å². The molecular formula is C32H38ClN3O5S. The van der Waals surface area contributed by atoms with E-state index in [4.69, 9.17) is 16.3 Å². The lowest BCUT2D eigenvalue weighted by Crippen LogP contribution is -2.53. The van der Waals surface area contributed by atoms with Gasteiger partial charge in [-0.3, -0.25) is 13.9 Å². The van der Waals surface area contributed by atoms with Crippen LogP contribution in [0.5, 0.6) is 5.75 Å². The maximum atomic E-state index is 14.2. The van der Waals surface area contributed by atoms with E-state index in [1.165, 1.54) is 30.2 Å². The van der Waals surface area contributed by atoms with Crippen molar-refractivity contribution in [3.05, 3.63) is 88.9 Å². The van der Waals surface area contributed by atoms with E-state index in [1.807, 2.05) is 31.2 Å². The highest BCUT2D eigenvalue weighted by atomic mass is 35.5. The summed E-state index contributed by atoms with van der Waals surface area (Å²) >= 11 is 6.29. The van der Waals surface area contributed by atoms with Crippen LogP contribution in [0.25, 0.3) is 0 Å². The van der Waals surface area contributed by atoms with Gasteiger partial charge in [0.2, 0.25) is 11.8 Å². The fourth-order valence-corrected chi connectivity index (χ4v) is 6.85. The average Bonchev–Trinajstić information content (AvgIpc) is 2.99. The van der Waals surface area contributed by atoms with Crippen LogP contribution in [-0.4, -0.2) is 50.9 Å². The van der Waals surface area contributed by atoms with Crippen LogP contribution >= 0.6 is 11.6 Å². The molecule has 3 aromatic rings. The second-order valence-electron chi connectivity index (χ2n) is 10.7. The first-order chi connectivity index (χ1) is 20.1. The number of methoxy groups -OCH3 is 1. The van der Waals surface area contributed by atoms with Gasteiger partial charge in [0.15, 0.2) is 0 Å². The molecule has 3 aromatic carbocycles. The lowest BCUT2D eigenvalue weighted by Gasteiger charge is -2.33. The molecule has 2 amide bonds. The first-order valence-electron chi connectivity index (χ1n) is 14.2. The molecule has 1 N–H and O–H groups in total. The SMILES string of the molecule is COc1ccc(Cl)cc1N(CC(=O)N(Cc1cccc(C)c1)C(C)C(=O)NC1CCCCC1)S(=O)(=O)c1ccccc1. The zero-order chi connectivity index (χ0) is 30.3. The summed E-state index contributed by atoms with van der Waals surface area (Å²) in [5.74, 6) is -0.565. The maximum absolute atomic E-state index is 14.2. The topological polar surface area (TPSA) is 96.0 Å². The van der Waals surface area contributed by atoms with Crippen LogP contribution in [0.3, 0.4) is 0 Å². The van der Waals surface area contributed by atoms with Crippen LogP contribution in [0.15, 0.2) is 77.7 Å². The Bertz CT molecular complexity index is 1490. The van der Waals surface area contributed by atoms with Crippen LogP contribution < -0.4 is 14.4 Å². The Morgan fingerprint density at radius 2 is 1.71 bits per heavy atom. The molecule has 8 nitrogen and oxygen atoms in total. The lowest BCUT2D eigenvalue weighted by atomic mass is 9.95. The average molecular weight is 612 g/mol. The minimum atomic E-state index is -4.23. The standard InChI is InChI=1S/C32H38ClN3O5S/c1-23-11-10-12-25(19-23)21-35(24(2)32(38)34-27-13-6-4-7-14-27)31(37)22-36(29-20-26(33)17-18-30(29)41-3)42(39,40)28-15-8-5-9-16-28/h5,8-12,15-20,24,27H,4,6-7,13-14,21-22H2,1-3H3,(H,34,38). The van der Waals surface area contributed by atoms with Gasteiger partial charge in [-0.05, 0) is 62.6 Å². The summed E-state index contributed by atoms with van der Waals surface area (Å²) in [5, 5.41) is 3.40. The molecule has 224 valence electrons. The third-order valence-electron chi connectivity index (χ3n) is 7.57. The number of nitrogens with one attached hydrogen (secondary N) is 1. The van der Waals surface area contributed by atoms with Gasteiger partial charge in [0, 0.05) is 17.6 Å². The predicted molar refractivity (Wildman–Crippen MR) is 165 cm³/mol. The van der Waals surface area contributed by atoms with Gasteiger partial charge in [0.05, 0.1) is 17.7 Å². The van der Waals surface area contributed by atoms with Gasteiger partial charge in [-0.1, -0.05) is 78.9 Å². The highest BCUT2D eigenvalue weighted by Gasteiger charge is 2.34. The number of nitrogens with zero attached hydrogens (tertiary/aromatic N) is 2. The number of carbonyl (C=O) groups is 2. The molecule has 0 radical (unpaired) electrons. The fourth-order valence-electron chi connectivity index (χ4n) is 5.25. The van der Waals surface area contributed by atoms with Crippen molar-refractivity contribution in [2.45, 2.75) is 69.5 Å². The fraction of sp³-hybridized carbons (Fsp3) is 0.375.